The van der Waals surface area contributed by atoms with Gasteiger partial charge in [0.05, 0.1) is 17.9 Å². The van der Waals surface area contributed by atoms with Gasteiger partial charge in [0.25, 0.3) is 0 Å². The van der Waals surface area contributed by atoms with Crippen LogP contribution in [-0.2, 0) is 9.59 Å². The van der Waals surface area contributed by atoms with Crippen molar-refractivity contribution in [2.24, 2.45) is 11.8 Å². The fraction of sp³-hybridized carbons (Fsp3) is 0.375. The van der Waals surface area contributed by atoms with Gasteiger partial charge in [0.1, 0.15) is 0 Å². The summed E-state index contributed by atoms with van der Waals surface area (Å²) in [6.45, 7) is 2.02. The number of carbonyl (C=O) groups is 2. The number of nitrogens with one attached hydrogen (secondary N) is 1. The lowest BCUT2D eigenvalue weighted by Gasteiger charge is -2.30. The summed E-state index contributed by atoms with van der Waals surface area (Å²) in [5.41, 5.74) is 2.13. The molecular weight excluding hydrogens is 252 g/mol. The van der Waals surface area contributed by atoms with Crippen LogP contribution in [0, 0.1) is 11.8 Å². The van der Waals surface area contributed by atoms with Crippen LogP contribution in [0.3, 0.4) is 0 Å². The molecule has 4 heteroatoms. The van der Waals surface area contributed by atoms with Crippen molar-refractivity contribution >= 4 is 17.5 Å². The van der Waals surface area contributed by atoms with Gasteiger partial charge in [-0.1, -0.05) is 29.8 Å². The van der Waals surface area contributed by atoms with Crippen molar-refractivity contribution in [3.8, 4) is 0 Å². The summed E-state index contributed by atoms with van der Waals surface area (Å²) in [6, 6.07) is 9.68. The van der Waals surface area contributed by atoms with E-state index in [1.54, 1.807) is 7.05 Å². The molecule has 1 aliphatic heterocycles. The second kappa shape index (κ2) is 4.78. The Morgan fingerprint density at radius 1 is 1.15 bits per heavy atom. The number of para-hydroxylation sites is 1. The first kappa shape index (κ1) is 12.9. The Labute approximate surface area is 118 Å². The van der Waals surface area contributed by atoms with Crippen LogP contribution in [0.5, 0.6) is 0 Å². The second-order valence-corrected chi connectivity index (χ2v) is 5.62. The molecule has 1 aliphatic carbocycles. The Kier molecular flexibility index (Phi) is 3.08. The molecule has 1 fully saturated rings. The Hall–Kier alpha value is -2.10. The Morgan fingerprint density at radius 3 is 2.55 bits per heavy atom. The van der Waals surface area contributed by atoms with E-state index in [1.165, 1.54) is 4.90 Å². The van der Waals surface area contributed by atoms with Crippen LogP contribution in [0.15, 0.2) is 42.0 Å². The number of benzene rings is 1. The highest BCUT2D eigenvalue weighted by Crippen LogP contribution is 2.38. The minimum Gasteiger partial charge on any atom is -0.378 e. The van der Waals surface area contributed by atoms with Gasteiger partial charge in [-0.25, -0.2) is 0 Å². The molecule has 1 N–H and O–H groups in total. The monoisotopic (exact) mass is 270 g/mol. The summed E-state index contributed by atoms with van der Waals surface area (Å²) in [7, 11) is 1.58. The molecule has 3 rings (SSSR count). The van der Waals surface area contributed by atoms with Gasteiger partial charge in [0.2, 0.25) is 11.8 Å². The molecule has 2 amide bonds. The number of nitrogens with zero attached hydrogens (tertiary/aromatic N) is 1. The predicted octanol–water partition coefficient (Wildman–Crippen LogP) is 2.05. The van der Waals surface area contributed by atoms with Crippen LogP contribution in [0.25, 0.3) is 0 Å². The molecule has 1 aromatic carbocycles. The van der Waals surface area contributed by atoms with Crippen molar-refractivity contribution < 1.29 is 9.59 Å². The molecule has 104 valence electrons. The summed E-state index contributed by atoms with van der Waals surface area (Å²) in [5, 5.41) is 3.38. The number of imide groups is 1. The Balaban J connectivity index is 1.91. The lowest BCUT2D eigenvalue weighted by atomic mass is 9.78. The number of hydrogen-bond donors (Lipinski definition) is 1. The maximum absolute atomic E-state index is 12.3. The molecule has 1 aromatic rings. The largest absolute Gasteiger partial charge is 0.378 e. The maximum Gasteiger partial charge on any atom is 0.235 e. The SMILES string of the molecule is CC1=C[C@@H](Nc2ccccc2)[C@H]2C(=O)N(C)C(=O)[C@H]2C1. The zero-order chi connectivity index (χ0) is 14.3. The van der Waals surface area contributed by atoms with Gasteiger partial charge in [-0.3, -0.25) is 14.5 Å². The summed E-state index contributed by atoms with van der Waals surface area (Å²) >= 11 is 0. The van der Waals surface area contributed by atoms with E-state index in [-0.39, 0.29) is 29.7 Å². The molecule has 2 aliphatic rings. The lowest BCUT2D eigenvalue weighted by Crippen LogP contribution is -2.38. The highest BCUT2D eigenvalue weighted by atomic mass is 16.2. The molecule has 1 saturated heterocycles. The number of hydrogen-bond acceptors (Lipinski definition) is 3. The van der Waals surface area contributed by atoms with Crippen molar-refractivity contribution in [2.45, 2.75) is 19.4 Å². The van der Waals surface area contributed by atoms with Crippen molar-refractivity contribution in [1.82, 2.24) is 4.90 Å². The molecule has 0 radical (unpaired) electrons. The molecule has 3 atom stereocenters. The van der Waals surface area contributed by atoms with Gasteiger partial charge in [0, 0.05) is 12.7 Å². The normalized spacial score (nSPS) is 29.2. The average Bonchev–Trinajstić information content (AvgIpc) is 2.65. The number of fused-ring (bicyclic) bond motifs is 1. The van der Waals surface area contributed by atoms with Crippen LogP contribution >= 0.6 is 0 Å². The van der Waals surface area contributed by atoms with Gasteiger partial charge in [-0.15, -0.1) is 0 Å². The number of amides is 2. The molecule has 4 nitrogen and oxygen atoms in total. The van der Waals surface area contributed by atoms with Gasteiger partial charge >= 0.3 is 0 Å². The maximum atomic E-state index is 12.3. The summed E-state index contributed by atoms with van der Waals surface area (Å²) in [5.74, 6) is -0.611. The fourth-order valence-corrected chi connectivity index (χ4v) is 3.21. The zero-order valence-corrected chi connectivity index (χ0v) is 11.7. The fourth-order valence-electron chi connectivity index (χ4n) is 3.21. The highest BCUT2D eigenvalue weighted by molar-refractivity contribution is 6.05. The first-order valence-corrected chi connectivity index (χ1v) is 6.88. The minimum absolute atomic E-state index is 0.0488. The van der Waals surface area contributed by atoms with Crippen molar-refractivity contribution in [1.29, 1.82) is 0 Å². The highest BCUT2D eigenvalue weighted by Gasteiger charge is 2.50. The van der Waals surface area contributed by atoms with Crippen molar-refractivity contribution in [3.05, 3.63) is 42.0 Å². The standard InChI is InChI=1S/C16H18N2O2/c1-10-8-12-14(16(20)18(2)15(12)19)13(9-10)17-11-6-4-3-5-7-11/h3-7,9,12-14,17H,8H2,1-2H3/t12-,13+,14-/m0/s1. The number of likely N-dealkylation sites (tertiary alicyclic amines) is 1. The van der Waals surface area contributed by atoms with E-state index in [0.717, 1.165) is 11.3 Å². The quantitative estimate of drug-likeness (QED) is 0.661. The summed E-state index contributed by atoms with van der Waals surface area (Å²) < 4.78 is 0. The van der Waals surface area contributed by atoms with Gasteiger partial charge in [0.15, 0.2) is 0 Å². The van der Waals surface area contributed by atoms with E-state index < -0.39 is 0 Å². The molecular formula is C16H18N2O2. The molecule has 0 aromatic heterocycles. The van der Waals surface area contributed by atoms with E-state index in [9.17, 15) is 9.59 Å². The van der Waals surface area contributed by atoms with Gasteiger partial charge in [-0.2, -0.15) is 0 Å². The number of carbonyl (C=O) groups excluding carboxylic acids is 2. The molecule has 20 heavy (non-hydrogen) atoms. The van der Waals surface area contributed by atoms with Gasteiger partial charge in [-0.05, 0) is 25.5 Å². The third kappa shape index (κ3) is 2.01. The summed E-state index contributed by atoms with van der Waals surface area (Å²) in [4.78, 5) is 25.7. The van der Waals surface area contributed by atoms with Gasteiger partial charge < -0.3 is 5.32 Å². The molecule has 0 unspecified atom stereocenters. The van der Waals surface area contributed by atoms with E-state index in [4.69, 9.17) is 0 Å². The number of anilines is 1. The average molecular weight is 270 g/mol. The minimum atomic E-state index is -0.281. The topological polar surface area (TPSA) is 49.4 Å². The smallest absolute Gasteiger partial charge is 0.235 e. The molecule has 1 heterocycles. The predicted molar refractivity (Wildman–Crippen MR) is 77.0 cm³/mol. The van der Waals surface area contributed by atoms with E-state index in [0.29, 0.717) is 6.42 Å². The lowest BCUT2D eigenvalue weighted by molar-refractivity contribution is -0.138. The van der Waals surface area contributed by atoms with E-state index in [1.807, 2.05) is 37.3 Å². The van der Waals surface area contributed by atoms with Crippen LogP contribution in [-0.4, -0.2) is 29.8 Å². The molecule has 0 saturated carbocycles. The van der Waals surface area contributed by atoms with Crippen molar-refractivity contribution in [2.75, 3.05) is 12.4 Å². The van der Waals surface area contributed by atoms with Crippen LogP contribution in [0.2, 0.25) is 0 Å². The molecule has 0 spiro atoms. The first-order valence-electron chi connectivity index (χ1n) is 6.88. The third-order valence-electron chi connectivity index (χ3n) is 4.20. The zero-order valence-electron chi connectivity index (χ0n) is 11.7. The van der Waals surface area contributed by atoms with Crippen LogP contribution in [0.4, 0.5) is 5.69 Å². The van der Waals surface area contributed by atoms with Crippen LogP contribution < -0.4 is 5.32 Å². The number of allylic oxidation sites excluding steroid dienone is 1. The van der Waals surface area contributed by atoms with E-state index in [2.05, 4.69) is 11.4 Å². The Bertz CT molecular complexity index is 579. The van der Waals surface area contributed by atoms with Crippen molar-refractivity contribution in [3.63, 3.8) is 0 Å². The van der Waals surface area contributed by atoms with E-state index >= 15 is 0 Å². The first-order chi connectivity index (χ1) is 9.58. The Morgan fingerprint density at radius 2 is 1.85 bits per heavy atom. The molecule has 0 bridgehead atoms. The second-order valence-electron chi connectivity index (χ2n) is 5.62. The number of rotatable bonds is 2. The third-order valence-corrected chi connectivity index (χ3v) is 4.20. The van der Waals surface area contributed by atoms with Crippen LogP contribution in [0.1, 0.15) is 13.3 Å². The summed E-state index contributed by atoms with van der Waals surface area (Å²) in [6.07, 6.45) is 2.77.